The largest absolute Gasteiger partial charge is 0.477 e. The maximum Gasteiger partial charge on any atom is 0.352 e. The Morgan fingerprint density at radius 1 is 1.48 bits per heavy atom. The van der Waals surface area contributed by atoms with Crippen LogP contribution in [0.4, 0.5) is 0 Å². The van der Waals surface area contributed by atoms with Gasteiger partial charge in [0.1, 0.15) is 10.6 Å². The monoisotopic (exact) mass is 316 g/mol. The van der Waals surface area contributed by atoms with Crippen molar-refractivity contribution in [3.8, 4) is 0 Å². The first kappa shape index (κ1) is 16.0. The average molecular weight is 316 g/mol. The Morgan fingerprint density at radius 2 is 2.14 bits per heavy atom. The van der Waals surface area contributed by atoms with Gasteiger partial charge in [0.25, 0.3) is 0 Å². The van der Waals surface area contributed by atoms with Gasteiger partial charge in [-0.1, -0.05) is 0 Å². The number of aliphatic hydroxyl groups excluding tert-OH is 1. The molecule has 2 heterocycles. The number of hydrogen-bond donors (Lipinski definition) is 2. The third kappa shape index (κ3) is 2.83. The molecule has 1 aromatic heterocycles. The van der Waals surface area contributed by atoms with Crippen LogP contribution in [0, 0.1) is 0 Å². The zero-order valence-corrected chi connectivity index (χ0v) is 12.9. The van der Waals surface area contributed by atoms with Crippen LogP contribution in [0.2, 0.25) is 0 Å². The van der Waals surface area contributed by atoms with Gasteiger partial charge in [-0.2, -0.15) is 4.31 Å². The Bertz CT molecular complexity index is 635. The number of carbonyl (C=O) groups is 1. The zero-order chi connectivity index (χ0) is 15.8. The summed E-state index contributed by atoms with van der Waals surface area (Å²) in [4.78, 5) is 11.2. The van der Waals surface area contributed by atoms with E-state index in [1.165, 1.54) is 21.1 Å². The summed E-state index contributed by atoms with van der Waals surface area (Å²) in [6, 6.07) is 0.600. The lowest BCUT2D eigenvalue weighted by Gasteiger charge is -2.21. The van der Waals surface area contributed by atoms with Crippen molar-refractivity contribution in [2.45, 2.75) is 43.7 Å². The quantitative estimate of drug-likeness (QED) is 0.841. The molecule has 0 unspecified atom stereocenters. The summed E-state index contributed by atoms with van der Waals surface area (Å²) in [5, 5.41) is 18.5. The van der Waals surface area contributed by atoms with Gasteiger partial charge >= 0.3 is 5.97 Å². The molecule has 0 spiro atoms. The van der Waals surface area contributed by atoms with Crippen molar-refractivity contribution in [3.05, 3.63) is 18.0 Å². The average Bonchev–Trinajstić information content (AvgIpc) is 3.05. The number of carboxylic acid groups (broad SMARTS) is 1. The van der Waals surface area contributed by atoms with Crippen molar-refractivity contribution in [1.82, 2.24) is 8.87 Å². The van der Waals surface area contributed by atoms with Crippen LogP contribution in [0.1, 0.15) is 43.2 Å². The van der Waals surface area contributed by atoms with E-state index in [1.807, 2.05) is 0 Å². The summed E-state index contributed by atoms with van der Waals surface area (Å²) < 4.78 is 27.9. The molecule has 0 amide bonds. The molecule has 0 radical (unpaired) electrons. The predicted octanol–water partition coefficient (Wildman–Crippen LogP) is 0.913. The maximum absolute atomic E-state index is 12.6. The van der Waals surface area contributed by atoms with E-state index in [-0.39, 0.29) is 23.2 Å². The summed E-state index contributed by atoms with van der Waals surface area (Å²) in [5.41, 5.74) is -0.0525. The van der Waals surface area contributed by atoms with Gasteiger partial charge in [0.2, 0.25) is 10.0 Å². The first-order chi connectivity index (χ1) is 9.78. The van der Waals surface area contributed by atoms with Gasteiger partial charge in [0.05, 0.1) is 6.61 Å². The van der Waals surface area contributed by atoms with E-state index in [0.717, 1.165) is 0 Å². The minimum absolute atomic E-state index is 0.0334. The Morgan fingerprint density at radius 3 is 2.62 bits per heavy atom. The van der Waals surface area contributed by atoms with Crippen LogP contribution < -0.4 is 0 Å². The molecule has 0 saturated carbocycles. The number of nitrogens with zero attached hydrogens (tertiary/aromatic N) is 2. The topological polar surface area (TPSA) is 99.8 Å². The van der Waals surface area contributed by atoms with Crippen molar-refractivity contribution in [3.63, 3.8) is 0 Å². The van der Waals surface area contributed by atoms with Crippen LogP contribution in [0.5, 0.6) is 0 Å². The third-order valence-corrected chi connectivity index (χ3v) is 5.66. The molecule has 2 rings (SSSR count). The fourth-order valence-electron chi connectivity index (χ4n) is 2.64. The molecule has 1 aliphatic rings. The molecule has 1 fully saturated rings. The standard InChI is InChI=1S/C13H20N2O5S/c1-9(2)14-7-11(6-12(14)13(17)18)21(19,20)15-5-3-4-10(15)8-16/h6-7,9-10,16H,3-5,8H2,1-2H3,(H,17,18)/t10-/m1/s1. The lowest BCUT2D eigenvalue weighted by atomic mass is 10.2. The second kappa shape index (κ2) is 5.78. The van der Waals surface area contributed by atoms with E-state index in [2.05, 4.69) is 0 Å². The van der Waals surface area contributed by atoms with E-state index in [1.54, 1.807) is 13.8 Å². The molecule has 1 saturated heterocycles. The molecule has 2 N–H and O–H groups in total. The van der Waals surface area contributed by atoms with Gasteiger partial charge in [0, 0.05) is 24.8 Å². The number of aromatic carboxylic acids is 1. The van der Waals surface area contributed by atoms with Gasteiger partial charge in [0.15, 0.2) is 0 Å². The molecule has 7 nitrogen and oxygen atoms in total. The van der Waals surface area contributed by atoms with Gasteiger partial charge < -0.3 is 14.8 Å². The molecule has 1 atom stereocenters. The lowest BCUT2D eigenvalue weighted by molar-refractivity contribution is 0.0683. The second-order valence-electron chi connectivity index (χ2n) is 5.46. The number of carboxylic acids is 1. The number of aliphatic hydroxyl groups is 1. The van der Waals surface area contributed by atoms with E-state index in [0.29, 0.717) is 19.4 Å². The third-order valence-electron chi connectivity index (χ3n) is 3.74. The van der Waals surface area contributed by atoms with Crippen molar-refractivity contribution < 1.29 is 23.4 Å². The molecule has 0 bridgehead atoms. The van der Waals surface area contributed by atoms with E-state index in [4.69, 9.17) is 0 Å². The summed E-state index contributed by atoms with van der Waals surface area (Å²) in [6.07, 6.45) is 2.67. The normalized spacial score (nSPS) is 20.3. The smallest absolute Gasteiger partial charge is 0.352 e. The zero-order valence-electron chi connectivity index (χ0n) is 12.1. The minimum atomic E-state index is -3.78. The van der Waals surface area contributed by atoms with Crippen LogP contribution in [0.3, 0.4) is 0 Å². The van der Waals surface area contributed by atoms with Crippen molar-refractivity contribution in [2.75, 3.05) is 13.2 Å². The summed E-state index contributed by atoms with van der Waals surface area (Å²) in [7, 11) is -3.78. The Kier molecular flexibility index (Phi) is 4.40. The van der Waals surface area contributed by atoms with Crippen molar-refractivity contribution >= 4 is 16.0 Å². The molecule has 1 aliphatic heterocycles. The van der Waals surface area contributed by atoms with E-state index < -0.39 is 22.0 Å². The number of aromatic nitrogens is 1. The maximum atomic E-state index is 12.6. The van der Waals surface area contributed by atoms with Gasteiger partial charge in [-0.15, -0.1) is 0 Å². The summed E-state index contributed by atoms with van der Waals surface area (Å²) >= 11 is 0. The summed E-state index contributed by atoms with van der Waals surface area (Å²) in [5.74, 6) is -1.16. The Hall–Kier alpha value is -1.38. The highest BCUT2D eigenvalue weighted by molar-refractivity contribution is 7.89. The molecular weight excluding hydrogens is 296 g/mol. The molecule has 8 heteroatoms. The highest BCUT2D eigenvalue weighted by atomic mass is 32.2. The highest BCUT2D eigenvalue weighted by Crippen LogP contribution is 2.28. The summed E-state index contributed by atoms with van der Waals surface area (Å²) in [6.45, 7) is 3.70. The first-order valence-electron chi connectivity index (χ1n) is 6.87. The van der Waals surface area contributed by atoms with Crippen LogP contribution in [-0.2, 0) is 10.0 Å². The molecular formula is C13H20N2O5S. The van der Waals surface area contributed by atoms with Gasteiger partial charge in [-0.25, -0.2) is 13.2 Å². The molecule has 1 aromatic rings. The van der Waals surface area contributed by atoms with Crippen LogP contribution in [0.25, 0.3) is 0 Å². The number of rotatable bonds is 5. The fraction of sp³-hybridized carbons (Fsp3) is 0.615. The second-order valence-corrected chi connectivity index (χ2v) is 7.35. The number of hydrogen-bond acceptors (Lipinski definition) is 4. The molecule has 0 aliphatic carbocycles. The van der Waals surface area contributed by atoms with Crippen LogP contribution in [0.15, 0.2) is 17.2 Å². The van der Waals surface area contributed by atoms with Crippen molar-refractivity contribution in [1.29, 1.82) is 0 Å². The molecule has 118 valence electrons. The predicted molar refractivity (Wildman–Crippen MR) is 75.8 cm³/mol. The van der Waals surface area contributed by atoms with Crippen LogP contribution >= 0.6 is 0 Å². The van der Waals surface area contributed by atoms with Gasteiger partial charge in [-0.05, 0) is 32.8 Å². The Labute approximate surface area is 123 Å². The SMILES string of the molecule is CC(C)n1cc(S(=O)(=O)N2CCC[C@@H]2CO)cc1C(=O)O. The highest BCUT2D eigenvalue weighted by Gasteiger charge is 2.36. The van der Waals surface area contributed by atoms with Gasteiger partial charge in [-0.3, -0.25) is 0 Å². The van der Waals surface area contributed by atoms with Crippen LogP contribution in [-0.4, -0.2) is 52.7 Å². The van der Waals surface area contributed by atoms with E-state index in [9.17, 15) is 23.4 Å². The lowest BCUT2D eigenvalue weighted by Crippen LogP contribution is -2.37. The molecule has 21 heavy (non-hydrogen) atoms. The molecule has 0 aromatic carbocycles. The first-order valence-corrected chi connectivity index (χ1v) is 8.31. The Balaban J connectivity index is 2.46. The minimum Gasteiger partial charge on any atom is -0.477 e. The van der Waals surface area contributed by atoms with E-state index >= 15 is 0 Å². The van der Waals surface area contributed by atoms with Crippen molar-refractivity contribution in [2.24, 2.45) is 0 Å². The fourth-order valence-corrected chi connectivity index (χ4v) is 4.35. The number of sulfonamides is 1.